The summed E-state index contributed by atoms with van der Waals surface area (Å²) in [6.45, 7) is 2.03. The van der Waals surface area contributed by atoms with Crippen LogP contribution >= 0.6 is 0 Å². The molecule has 3 aromatic carbocycles. The predicted octanol–water partition coefficient (Wildman–Crippen LogP) is 5.21. The molecule has 150 valence electrons. The first-order valence-corrected chi connectivity index (χ1v) is 10.1. The van der Waals surface area contributed by atoms with Crippen molar-refractivity contribution in [1.29, 1.82) is 0 Å². The fourth-order valence-electron chi connectivity index (χ4n) is 3.70. The van der Waals surface area contributed by atoms with Crippen LogP contribution in [0.3, 0.4) is 0 Å². The molecule has 1 aromatic heterocycles. The van der Waals surface area contributed by atoms with Gasteiger partial charge in [0.25, 0.3) is 5.91 Å². The number of carbonyl (C=O) groups excluding carboxylic acids is 1. The van der Waals surface area contributed by atoms with Crippen LogP contribution in [0.1, 0.15) is 29.5 Å². The number of rotatable bonds is 6. The highest BCUT2D eigenvalue weighted by Gasteiger charge is 2.23. The second kappa shape index (κ2) is 8.78. The first-order valence-electron chi connectivity index (χ1n) is 10.1. The third kappa shape index (κ3) is 4.03. The van der Waals surface area contributed by atoms with Crippen LogP contribution in [-0.2, 0) is 6.42 Å². The van der Waals surface area contributed by atoms with E-state index in [1.54, 1.807) is 12.1 Å². The Labute approximate surface area is 175 Å². The van der Waals surface area contributed by atoms with E-state index in [-0.39, 0.29) is 17.7 Å². The van der Waals surface area contributed by atoms with Gasteiger partial charge in [0.2, 0.25) is 5.76 Å². The second-order valence-corrected chi connectivity index (χ2v) is 7.27. The molecule has 30 heavy (non-hydrogen) atoms. The summed E-state index contributed by atoms with van der Waals surface area (Å²) < 4.78 is 5.57. The average Bonchev–Trinajstić information content (AvgIpc) is 2.79. The quantitative estimate of drug-likeness (QED) is 0.486. The van der Waals surface area contributed by atoms with Crippen LogP contribution in [0.4, 0.5) is 0 Å². The van der Waals surface area contributed by atoms with E-state index in [0.29, 0.717) is 22.8 Å². The minimum atomic E-state index is -0.508. The van der Waals surface area contributed by atoms with Gasteiger partial charge in [-0.2, -0.15) is 0 Å². The van der Waals surface area contributed by atoms with Crippen LogP contribution < -0.4 is 10.9 Å². The maximum absolute atomic E-state index is 13.3. The van der Waals surface area contributed by atoms with Crippen LogP contribution in [0.15, 0.2) is 94.1 Å². The molecule has 0 aliphatic heterocycles. The normalized spacial score (nSPS) is 11.9. The maximum Gasteiger partial charge on any atom is 0.344 e. The Morgan fingerprint density at radius 2 is 1.47 bits per heavy atom. The van der Waals surface area contributed by atoms with E-state index in [9.17, 15) is 9.59 Å². The van der Waals surface area contributed by atoms with E-state index < -0.39 is 5.63 Å². The predicted molar refractivity (Wildman–Crippen MR) is 120 cm³/mol. The van der Waals surface area contributed by atoms with Gasteiger partial charge in [0.1, 0.15) is 0 Å². The Morgan fingerprint density at radius 1 is 0.867 bits per heavy atom. The highest BCUT2D eigenvalue weighted by Crippen LogP contribution is 2.30. The molecule has 0 saturated heterocycles. The lowest BCUT2D eigenvalue weighted by Crippen LogP contribution is -2.36. The molecule has 4 aromatic rings. The summed E-state index contributed by atoms with van der Waals surface area (Å²) in [6, 6.07) is 26.7. The van der Waals surface area contributed by atoms with Crippen molar-refractivity contribution < 1.29 is 9.21 Å². The average molecular weight is 397 g/mol. The summed E-state index contributed by atoms with van der Waals surface area (Å²) >= 11 is 0. The summed E-state index contributed by atoms with van der Waals surface area (Å²) in [4.78, 5) is 25.8. The molecule has 0 aliphatic carbocycles. The zero-order chi connectivity index (χ0) is 20.9. The SMILES string of the molecule is CC[C@H](Cc1ccccc1)NC(=O)c1oc(=O)c2ccccc2c1-c1ccccc1. The lowest BCUT2D eigenvalue weighted by Gasteiger charge is -2.18. The van der Waals surface area contributed by atoms with Gasteiger partial charge in [0.15, 0.2) is 0 Å². The molecule has 4 rings (SSSR count). The lowest BCUT2D eigenvalue weighted by molar-refractivity contribution is 0.0905. The van der Waals surface area contributed by atoms with Crippen LogP contribution in [0.2, 0.25) is 0 Å². The molecular formula is C26H23NO3. The van der Waals surface area contributed by atoms with Gasteiger partial charge in [-0.3, -0.25) is 4.79 Å². The minimum Gasteiger partial charge on any atom is -0.416 e. The van der Waals surface area contributed by atoms with Crippen molar-refractivity contribution in [1.82, 2.24) is 5.32 Å². The van der Waals surface area contributed by atoms with Crippen molar-refractivity contribution in [3.05, 3.63) is 107 Å². The fourth-order valence-corrected chi connectivity index (χ4v) is 3.70. The Hall–Kier alpha value is -3.66. The molecule has 1 atom stereocenters. The van der Waals surface area contributed by atoms with Crippen molar-refractivity contribution >= 4 is 16.7 Å². The molecule has 0 fully saturated rings. The van der Waals surface area contributed by atoms with Gasteiger partial charge in [-0.15, -0.1) is 0 Å². The smallest absolute Gasteiger partial charge is 0.344 e. The zero-order valence-electron chi connectivity index (χ0n) is 16.8. The van der Waals surface area contributed by atoms with E-state index >= 15 is 0 Å². The van der Waals surface area contributed by atoms with E-state index in [2.05, 4.69) is 5.32 Å². The van der Waals surface area contributed by atoms with Gasteiger partial charge in [-0.25, -0.2) is 4.79 Å². The number of nitrogens with one attached hydrogen (secondary N) is 1. The fraction of sp³-hybridized carbons (Fsp3) is 0.154. The van der Waals surface area contributed by atoms with Crippen molar-refractivity contribution in [2.24, 2.45) is 0 Å². The first-order chi connectivity index (χ1) is 14.7. The summed E-state index contributed by atoms with van der Waals surface area (Å²) in [5.74, 6) is -0.323. The number of hydrogen-bond acceptors (Lipinski definition) is 3. The Balaban J connectivity index is 1.76. The van der Waals surface area contributed by atoms with Gasteiger partial charge < -0.3 is 9.73 Å². The van der Waals surface area contributed by atoms with E-state index in [1.165, 1.54) is 0 Å². The van der Waals surface area contributed by atoms with Crippen LogP contribution in [-0.4, -0.2) is 11.9 Å². The lowest BCUT2D eigenvalue weighted by atomic mass is 9.97. The molecule has 0 radical (unpaired) electrons. The van der Waals surface area contributed by atoms with Gasteiger partial charge in [-0.1, -0.05) is 85.8 Å². The summed E-state index contributed by atoms with van der Waals surface area (Å²) in [7, 11) is 0. The van der Waals surface area contributed by atoms with Gasteiger partial charge in [0, 0.05) is 17.0 Å². The highest BCUT2D eigenvalue weighted by atomic mass is 16.4. The molecule has 1 heterocycles. The number of amides is 1. The van der Waals surface area contributed by atoms with Gasteiger partial charge >= 0.3 is 5.63 Å². The summed E-state index contributed by atoms with van der Waals surface area (Å²) in [5.41, 5.74) is 2.11. The summed E-state index contributed by atoms with van der Waals surface area (Å²) in [6.07, 6.45) is 1.47. The van der Waals surface area contributed by atoms with Crippen molar-refractivity contribution in [3.8, 4) is 11.1 Å². The minimum absolute atomic E-state index is 0.0522. The summed E-state index contributed by atoms with van der Waals surface area (Å²) in [5, 5.41) is 4.23. The zero-order valence-corrected chi connectivity index (χ0v) is 16.8. The third-order valence-corrected chi connectivity index (χ3v) is 5.26. The Bertz CT molecular complexity index is 1210. The van der Waals surface area contributed by atoms with Crippen molar-refractivity contribution in [2.45, 2.75) is 25.8 Å². The largest absolute Gasteiger partial charge is 0.416 e. The highest BCUT2D eigenvalue weighted by molar-refractivity contribution is 6.07. The molecule has 4 nitrogen and oxygen atoms in total. The molecule has 4 heteroatoms. The standard InChI is InChI=1S/C26H23NO3/c1-2-20(17-18-11-5-3-6-12-18)27-25(28)24-23(19-13-7-4-8-14-19)21-15-9-10-16-22(21)26(29)30-24/h3-16,20H,2,17H2,1H3,(H,27,28)/t20-/m1/s1. The second-order valence-electron chi connectivity index (χ2n) is 7.27. The molecule has 0 unspecified atom stereocenters. The Morgan fingerprint density at radius 3 is 2.13 bits per heavy atom. The van der Waals surface area contributed by atoms with Crippen LogP contribution in [0, 0.1) is 0 Å². The van der Waals surface area contributed by atoms with Gasteiger partial charge in [-0.05, 0) is 30.0 Å². The van der Waals surface area contributed by atoms with E-state index in [0.717, 1.165) is 17.5 Å². The van der Waals surface area contributed by atoms with E-state index in [1.807, 2.05) is 79.7 Å². The molecule has 0 aliphatic rings. The molecule has 0 bridgehead atoms. The topological polar surface area (TPSA) is 59.3 Å². The maximum atomic E-state index is 13.3. The van der Waals surface area contributed by atoms with E-state index in [4.69, 9.17) is 4.42 Å². The molecular weight excluding hydrogens is 374 g/mol. The molecule has 0 spiro atoms. The molecule has 1 amide bonds. The van der Waals surface area contributed by atoms with Crippen molar-refractivity contribution in [2.75, 3.05) is 0 Å². The number of fused-ring (bicyclic) bond motifs is 1. The molecule has 0 saturated carbocycles. The number of benzene rings is 3. The van der Waals surface area contributed by atoms with Crippen LogP contribution in [0.5, 0.6) is 0 Å². The van der Waals surface area contributed by atoms with Crippen molar-refractivity contribution in [3.63, 3.8) is 0 Å². The molecule has 1 N–H and O–H groups in total. The number of carbonyl (C=O) groups is 1. The van der Waals surface area contributed by atoms with Gasteiger partial charge in [0.05, 0.1) is 5.39 Å². The Kier molecular flexibility index (Phi) is 5.75. The first kappa shape index (κ1) is 19.6. The number of hydrogen-bond donors (Lipinski definition) is 1. The monoisotopic (exact) mass is 397 g/mol. The van der Waals surface area contributed by atoms with Crippen LogP contribution in [0.25, 0.3) is 21.9 Å². The third-order valence-electron chi connectivity index (χ3n) is 5.26.